The van der Waals surface area contributed by atoms with Crippen molar-refractivity contribution in [2.75, 3.05) is 7.11 Å². The second-order valence-electron chi connectivity index (χ2n) is 4.28. The van der Waals surface area contributed by atoms with E-state index in [9.17, 15) is 10.1 Å². The van der Waals surface area contributed by atoms with Gasteiger partial charge in [-0.05, 0) is 18.2 Å². The molecule has 20 heavy (non-hydrogen) atoms. The van der Waals surface area contributed by atoms with Gasteiger partial charge in [0.05, 0.1) is 17.7 Å². The van der Waals surface area contributed by atoms with E-state index in [0.717, 1.165) is 10.9 Å². The first-order valence-electron chi connectivity index (χ1n) is 5.95. The summed E-state index contributed by atoms with van der Waals surface area (Å²) in [5.74, 6) is 0.550. The van der Waals surface area contributed by atoms with Gasteiger partial charge in [0.15, 0.2) is 0 Å². The molecule has 0 saturated heterocycles. The summed E-state index contributed by atoms with van der Waals surface area (Å²) < 4.78 is 5.26. The van der Waals surface area contributed by atoms with Gasteiger partial charge < -0.3 is 9.72 Å². The van der Waals surface area contributed by atoms with E-state index in [1.807, 2.05) is 18.3 Å². The van der Waals surface area contributed by atoms with Crippen LogP contribution in [0.2, 0.25) is 0 Å². The number of nitrogens with zero attached hydrogens (tertiary/aromatic N) is 2. The average molecular weight is 269 g/mol. The Morgan fingerprint density at radius 2 is 2.15 bits per heavy atom. The van der Waals surface area contributed by atoms with Gasteiger partial charge in [0, 0.05) is 41.0 Å². The number of methoxy groups -OCH3 is 1. The molecule has 6 nitrogen and oxygen atoms in total. The fourth-order valence-corrected chi connectivity index (χ4v) is 2.10. The van der Waals surface area contributed by atoms with Crippen molar-refractivity contribution in [2.45, 2.75) is 0 Å². The van der Waals surface area contributed by atoms with Crippen molar-refractivity contribution < 1.29 is 9.66 Å². The summed E-state index contributed by atoms with van der Waals surface area (Å²) in [6.45, 7) is 0. The molecule has 0 atom stereocenters. The molecule has 0 radical (unpaired) electrons. The maximum atomic E-state index is 10.9. The maximum Gasteiger partial charge on any atom is 0.270 e. The fraction of sp³-hybridized carbons (Fsp3) is 0.0714. The van der Waals surface area contributed by atoms with E-state index in [1.165, 1.54) is 19.2 Å². The summed E-state index contributed by atoms with van der Waals surface area (Å²) in [7, 11) is 1.53. The maximum absolute atomic E-state index is 10.9. The second kappa shape index (κ2) is 4.65. The molecule has 0 spiro atoms. The van der Waals surface area contributed by atoms with Crippen molar-refractivity contribution in [1.29, 1.82) is 0 Å². The molecular formula is C14H11N3O3. The van der Waals surface area contributed by atoms with E-state index in [2.05, 4.69) is 9.97 Å². The summed E-state index contributed by atoms with van der Waals surface area (Å²) in [4.78, 5) is 17.9. The van der Waals surface area contributed by atoms with Crippen molar-refractivity contribution in [3.63, 3.8) is 0 Å². The first kappa shape index (κ1) is 12.2. The highest BCUT2D eigenvalue weighted by Gasteiger charge is 2.14. The predicted molar refractivity (Wildman–Crippen MR) is 74.7 cm³/mol. The number of nitro groups is 1. The minimum Gasteiger partial charge on any atom is -0.496 e. The van der Waals surface area contributed by atoms with Crippen LogP contribution in [0.4, 0.5) is 5.69 Å². The molecule has 6 heteroatoms. The molecule has 2 heterocycles. The molecule has 3 aromatic rings. The number of hydrogen-bond donors (Lipinski definition) is 1. The number of rotatable bonds is 3. The third-order valence-corrected chi connectivity index (χ3v) is 3.11. The van der Waals surface area contributed by atoms with Crippen LogP contribution >= 0.6 is 0 Å². The van der Waals surface area contributed by atoms with Crippen LogP contribution < -0.4 is 4.74 Å². The zero-order valence-corrected chi connectivity index (χ0v) is 10.7. The Morgan fingerprint density at radius 1 is 1.30 bits per heavy atom. The molecule has 0 amide bonds. The highest BCUT2D eigenvalue weighted by molar-refractivity contribution is 5.83. The molecular weight excluding hydrogens is 258 g/mol. The fourth-order valence-electron chi connectivity index (χ4n) is 2.10. The zero-order chi connectivity index (χ0) is 14.1. The normalized spacial score (nSPS) is 10.7. The number of fused-ring (bicyclic) bond motifs is 1. The van der Waals surface area contributed by atoms with E-state index in [1.54, 1.807) is 12.3 Å². The Kier molecular flexibility index (Phi) is 2.83. The zero-order valence-electron chi connectivity index (χ0n) is 10.7. The predicted octanol–water partition coefficient (Wildman–Crippen LogP) is 3.15. The summed E-state index contributed by atoms with van der Waals surface area (Å²) in [5, 5.41) is 11.9. The van der Waals surface area contributed by atoms with Crippen LogP contribution in [0.25, 0.3) is 22.2 Å². The second-order valence-corrected chi connectivity index (χ2v) is 4.28. The minimum atomic E-state index is -0.434. The van der Waals surface area contributed by atoms with Gasteiger partial charge in [-0.15, -0.1) is 0 Å². The van der Waals surface area contributed by atoms with Crippen LogP contribution in [0.5, 0.6) is 5.75 Å². The summed E-state index contributed by atoms with van der Waals surface area (Å²) in [6, 6.07) is 8.22. The van der Waals surface area contributed by atoms with Crippen LogP contribution in [-0.2, 0) is 0 Å². The monoisotopic (exact) mass is 269 g/mol. The highest BCUT2D eigenvalue weighted by atomic mass is 16.6. The van der Waals surface area contributed by atoms with Crippen LogP contribution in [0.1, 0.15) is 0 Å². The van der Waals surface area contributed by atoms with Crippen LogP contribution in [0.3, 0.4) is 0 Å². The average Bonchev–Trinajstić information content (AvgIpc) is 2.93. The van der Waals surface area contributed by atoms with Gasteiger partial charge >= 0.3 is 0 Å². The number of H-pyrrole nitrogens is 1. The van der Waals surface area contributed by atoms with Gasteiger partial charge in [0.25, 0.3) is 5.69 Å². The smallest absolute Gasteiger partial charge is 0.270 e. The number of nitrogens with one attached hydrogen (secondary N) is 1. The number of nitro benzene ring substituents is 1. The largest absolute Gasteiger partial charge is 0.496 e. The molecule has 100 valence electrons. The molecule has 1 N–H and O–H groups in total. The lowest BCUT2D eigenvalue weighted by Gasteiger charge is -2.07. The van der Waals surface area contributed by atoms with E-state index in [-0.39, 0.29) is 5.69 Å². The van der Waals surface area contributed by atoms with Gasteiger partial charge in [-0.1, -0.05) is 0 Å². The lowest BCUT2D eigenvalue weighted by Crippen LogP contribution is -1.93. The van der Waals surface area contributed by atoms with Gasteiger partial charge in [-0.2, -0.15) is 0 Å². The Bertz CT molecular complexity index is 795. The first-order chi connectivity index (χ1) is 9.69. The number of benzene rings is 1. The quantitative estimate of drug-likeness (QED) is 0.585. The number of ether oxygens (including phenoxy) is 1. The van der Waals surface area contributed by atoms with E-state index in [4.69, 9.17) is 4.74 Å². The number of aromatic nitrogens is 2. The lowest BCUT2D eigenvalue weighted by atomic mass is 10.1. The van der Waals surface area contributed by atoms with Gasteiger partial charge in [-0.3, -0.25) is 15.1 Å². The topological polar surface area (TPSA) is 81.0 Å². The summed E-state index contributed by atoms with van der Waals surface area (Å²) >= 11 is 0. The van der Waals surface area contributed by atoms with E-state index in [0.29, 0.717) is 17.0 Å². The van der Waals surface area contributed by atoms with Crippen molar-refractivity contribution >= 4 is 16.6 Å². The Labute approximate surface area is 114 Å². The number of pyridine rings is 1. The minimum absolute atomic E-state index is 0.00850. The van der Waals surface area contributed by atoms with Gasteiger partial charge in [0.1, 0.15) is 5.75 Å². The van der Waals surface area contributed by atoms with Crippen molar-refractivity contribution in [3.05, 3.63) is 52.8 Å². The molecule has 0 aliphatic rings. The van der Waals surface area contributed by atoms with Crippen LogP contribution in [0, 0.1) is 10.1 Å². The number of aromatic amines is 1. The number of non-ortho nitro benzene ring substituents is 1. The molecule has 2 aromatic heterocycles. The first-order valence-corrected chi connectivity index (χ1v) is 5.95. The standard InChI is InChI=1S/C14H11N3O3/c1-20-14-3-2-10(17(18)19)6-11(14)13-7-12-9(8-16-13)4-5-15-12/h2-8,15H,1H3. The molecule has 1 aromatic carbocycles. The van der Waals surface area contributed by atoms with Crippen molar-refractivity contribution in [3.8, 4) is 17.0 Å². The molecule has 0 aliphatic heterocycles. The molecule has 3 rings (SSSR count). The Morgan fingerprint density at radius 3 is 2.90 bits per heavy atom. The summed E-state index contributed by atoms with van der Waals surface area (Å²) in [5.41, 5.74) is 2.15. The Balaban J connectivity index is 2.20. The molecule has 0 bridgehead atoms. The van der Waals surface area contributed by atoms with Crippen molar-refractivity contribution in [2.24, 2.45) is 0 Å². The summed E-state index contributed by atoms with van der Waals surface area (Å²) in [6.07, 6.45) is 3.54. The lowest BCUT2D eigenvalue weighted by molar-refractivity contribution is -0.384. The third kappa shape index (κ3) is 1.97. The molecule has 0 fully saturated rings. The molecule has 0 aliphatic carbocycles. The van der Waals surface area contributed by atoms with Gasteiger partial charge in [-0.25, -0.2) is 0 Å². The van der Waals surface area contributed by atoms with Crippen LogP contribution in [0.15, 0.2) is 42.7 Å². The molecule has 0 unspecified atom stereocenters. The van der Waals surface area contributed by atoms with Gasteiger partial charge in [0.2, 0.25) is 0 Å². The van der Waals surface area contributed by atoms with Crippen molar-refractivity contribution in [1.82, 2.24) is 9.97 Å². The van der Waals surface area contributed by atoms with Crippen LogP contribution in [-0.4, -0.2) is 22.0 Å². The third-order valence-electron chi connectivity index (χ3n) is 3.11. The Hall–Kier alpha value is -2.89. The van der Waals surface area contributed by atoms with E-state index >= 15 is 0 Å². The molecule has 0 saturated carbocycles. The highest BCUT2D eigenvalue weighted by Crippen LogP contribution is 2.33. The van der Waals surface area contributed by atoms with E-state index < -0.39 is 4.92 Å². The number of hydrogen-bond acceptors (Lipinski definition) is 4. The SMILES string of the molecule is COc1ccc([N+](=O)[O-])cc1-c1cc2[nH]ccc2cn1.